The standard InChI is InChI=1S/C41H64N8O10S/c1-23(2)33(26(7)50)47-38(55)35(25(5)6)48(8)41(58)59-22-27-15-17-28(18-16-27)44-36(53)29(13-12-19-43-40(42)57)45-37(54)34(24(3)4)46-31(51)14-10-9-11-20-49-32(52)21-30(60)39(49)56/h15-18,23-25,29-30,33-35,60H,9-14,19-22H2,1-8H3,(H,44,53)(H,45,54)(H,46,51)(H,47,55)(H3,42,43,57)/t29-,30?,33?,34-,35-/m0/s1. The van der Waals surface area contributed by atoms with Crippen LogP contribution in [0.25, 0.3) is 0 Å². The van der Waals surface area contributed by atoms with Gasteiger partial charge in [0.2, 0.25) is 35.4 Å². The van der Waals surface area contributed by atoms with Gasteiger partial charge < -0.3 is 37.1 Å². The molecule has 1 aromatic rings. The van der Waals surface area contributed by atoms with Crippen LogP contribution in [0.1, 0.15) is 99.0 Å². The number of nitrogens with two attached hydrogens (primary N) is 1. The highest BCUT2D eigenvalue weighted by molar-refractivity contribution is 7.81. The van der Waals surface area contributed by atoms with Gasteiger partial charge in [0.1, 0.15) is 24.7 Å². The number of hydrogen-bond donors (Lipinski definition) is 7. The number of imide groups is 1. The first-order valence-corrected chi connectivity index (χ1v) is 20.9. The van der Waals surface area contributed by atoms with Crippen LogP contribution in [0.4, 0.5) is 15.3 Å². The molecule has 1 aliphatic rings. The van der Waals surface area contributed by atoms with E-state index < -0.39 is 59.3 Å². The molecule has 334 valence electrons. The van der Waals surface area contributed by atoms with Crippen LogP contribution in [-0.4, -0.2) is 113 Å². The molecule has 0 spiro atoms. The maximum atomic E-state index is 13.5. The van der Waals surface area contributed by atoms with E-state index in [2.05, 4.69) is 39.2 Å². The molecule has 1 aliphatic heterocycles. The van der Waals surface area contributed by atoms with Gasteiger partial charge in [-0.3, -0.25) is 43.4 Å². The second-order valence-corrected chi connectivity index (χ2v) is 16.7. The first-order chi connectivity index (χ1) is 28.1. The number of likely N-dealkylation sites (N-methyl/N-ethyl adjacent to an activating group) is 1. The van der Waals surface area contributed by atoms with Crippen molar-refractivity contribution in [2.75, 3.05) is 25.5 Å². The van der Waals surface area contributed by atoms with Crippen molar-refractivity contribution in [1.82, 2.24) is 31.1 Å². The van der Waals surface area contributed by atoms with E-state index in [9.17, 15) is 43.2 Å². The Balaban J connectivity index is 2.01. The third-order valence-corrected chi connectivity index (χ3v) is 10.4. The lowest BCUT2D eigenvalue weighted by molar-refractivity contribution is -0.138. The van der Waals surface area contributed by atoms with Gasteiger partial charge >= 0.3 is 12.1 Å². The maximum absolute atomic E-state index is 13.5. The normalized spacial score (nSPS) is 15.9. The predicted molar refractivity (Wildman–Crippen MR) is 227 cm³/mol. The number of amides is 9. The second-order valence-electron chi connectivity index (χ2n) is 16.1. The monoisotopic (exact) mass is 860 g/mol. The Bertz CT molecular complexity index is 1690. The molecule has 1 heterocycles. The van der Waals surface area contributed by atoms with Crippen LogP contribution in [0.3, 0.4) is 0 Å². The van der Waals surface area contributed by atoms with Gasteiger partial charge in [0.25, 0.3) is 0 Å². The van der Waals surface area contributed by atoms with Crippen LogP contribution in [0.5, 0.6) is 0 Å². The molecule has 1 aromatic carbocycles. The molecule has 2 unspecified atom stereocenters. The molecule has 0 aliphatic carbocycles. The lowest BCUT2D eigenvalue weighted by Crippen LogP contribution is -2.55. The molecule has 18 nitrogen and oxygen atoms in total. The molecule has 0 aromatic heterocycles. The third-order valence-electron chi connectivity index (χ3n) is 9.96. The summed E-state index contributed by atoms with van der Waals surface area (Å²) in [4.78, 5) is 116. The van der Waals surface area contributed by atoms with Gasteiger partial charge in [0.05, 0.1) is 11.3 Å². The Kier molecular flexibility index (Phi) is 21.0. The lowest BCUT2D eigenvalue weighted by atomic mass is 9.97. The molecule has 7 N–H and O–H groups in total. The number of rotatable bonds is 24. The number of ether oxygens (including phenoxy) is 1. The minimum absolute atomic E-state index is 0.0807. The summed E-state index contributed by atoms with van der Waals surface area (Å²) in [6.07, 6.45) is 1.42. The average Bonchev–Trinajstić information content (AvgIpc) is 3.41. The molecule has 2 rings (SSSR count). The Morgan fingerprint density at radius 2 is 1.47 bits per heavy atom. The van der Waals surface area contributed by atoms with E-state index in [1.165, 1.54) is 23.8 Å². The number of unbranched alkanes of at least 4 members (excludes halogenated alkanes) is 2. The maximum Gasteiger partial charge on any atom is 0.410 e. The number of primary amides is 1. The summed E-state index contributed by atoms with van der Waals surface area (Å²) in [6.45, 7) is 12.4. The van der Waals surface area contributed by atoms with Crippen molar-refractivity contribution < 1.29 is 47.9 Å². The number of hydrogen-bond acceptors (Lipinski definition) is 11. The van der Waals surface area contributed by atoms with Crippen molar-refractivity contribution in [3.8, 4) is 0 Å². The lowest BCUT2D eigenvalue weighted by Gasteiger charge is -2.31. The number of benzene rings is 1. The quantitative estimate of drug-likeness (QED) is 0.0455. The summed E-state index contributed by atoms with van der Waals surface area (Å²) in [5.74, 6) is -3.49. The van der Waals surface area contributed by atoms with E-state index >= 15 is 0 Å². The van der Waals surface area contributed by atoms with Gasteiger partial charge in [-0.25, -0.2) is 9.59 Å². The Hall–Kier alpha value is -5.20. The van der Waals surface area contributed by atoms with E-state index in [0.29, 0.717) is 30.5 Å². The number of anilines is 1. The Morgan fingerprint density at radius 1 is 0.833 bits per heavy atom. The molecule has 5 atom stereocenters. The third kappa shape index (κ3) is 16.5. The van der Waals surface area contributed by atoms with E-state index in [-0.39, 0.29) is 86.6 Å². The van der Waals surface area contributed by atoms with Crippen molar-refractivity contribution in [2.24, 2.45) is 23.5 Å². The molecule has 1 fully saturated rings. The van der Waals surface area contributed by atoms with Gasteiger partial charge in [-0.2, -0.15) is 12.6 Å². The van der Waals surface area contributed by atoms with Crippen LogP contribution in [0.2, 0.25) is 0 Å². The number of nitrogens with zero attached hydrogens (tertiary/aromatic N) is 2. The van der Waals surface area contributed by atoms with Crippen molar-refractivity contribution >= 4 is 71.7 Å². The fourth-order valence-electron chi connectivity index (χ4n) is 6.64. The number of urea groups is 1. The molecule has 0 bridgehead atoms. The summed E-state index contributed by atoms with van der Waals surface area (Å²) in [6, 6.07) is 2.09. The largest absolute Gasteiger partial charge is 0.445 e. The molecular weight excluding hydrogens is 797 g/mol. The highest BCUT2D eigenvalue weighted by Crippen LogP contribution is 2.19. The number of thiol groups is 1. The van der Waals surface area contributed by atoms with Gasteiger partial charge in [0, 0.05) is 38.7 Å². The number of carbonyl (C=O) groups is 9. The number of nitrogens with one attached hydrogen (secondary N) is 5. The molecule has 60 heavy (non-hydrogen) atoms. The van der Waals surface area contributed by atoms with Crippen LogP contribution < -0.4 is 32.3 Å². The van der Waals surface area contributed by atoms with Crippen LogP contribution >= 0.6 is 12.6 Å². The van der Waals surface area contributed by atoms with Crippen LogP contribution in [0.15, 0.2) is 24.3 Å². The van der Waals surface area contributed by atoms with Crippen molar-refractivity contribution in [3.05, 3.63) is 29.8 Å². The van der Waals surface area contributed by atoms with Gasteiger partial charge in [-0.1, -0.05) is 60.1 Å². The molecule has 19 heteroatoms. The van der Waals surface area contributed by atoms with Crippen LogP contribution in [-0.2, 0) is 44.9 Å². The molecule has 0 saturated carbocycles. The first-order valence-electron chi connectivity index (χ1n) is 20.4. The minimum atomic E-state index is -1.06. The zero-order valence-corrected chi connectivity index (χ0v) is 36.9. The highest BCUT2D eigenvalue weighted by atomic mass is 32.1. The number of carbonyl (C=O) groups excluding carboxylic acids is 9. The van der Waals surface area contributed by atoms with Crippen molar-refractivity contribution in [3.63, 3.8) is 0 Å². The SMILES string of the molecule is CC(=O)C(NC(=O)[C@H](C(C)C)N(C)C(=O)OCc1ccc(NC(=O)[C@H](CCCNC(N)=O)NC(=O)[C@@H](NC(=O)CCCCCN2C(=O)CC(S)C2=O)C(C)C)cc1)C(C)C. The van der Waals surface area contributed by atoms with Gasteiger partial charge in [-0.05, 0) is 68.1 Å². The summed E-state index contributed by atoms with van der Waals surface area (Å²) in [5.41, 5.74) is 6.13. The second kappa shape index (κ2) is 24.8. The molecule has 1 saturated heterocycles. The van der Waals surface area contributed by atoms with E-state index in [4.69, 9.17) is 10.5 Å². The fourth-order valence-corrected chi connectivity index (χ4v) is 6.93. The average molecular weight is 861 g/mol. The predicted octanol–water partition coefficient (Wildman–Crippen LogP) is 2.64. The van der Waals surface area contributed by atoms with Gasteiger partial charge in [-0.15, -0.1) is 0 Å². The Morgan fingerprint density at radius 3 is 2.00 bits per heavy atom. The highest BCUT2D eigenvalue weighted by Gasteiger charge is 2.36. The van der Waals surface area contributed by atoms with Crippen LogP contribution in [0, 0.1) is 17.8 Å². The number of likely N-dealkylation sites (tertiary alicyclic amines) is 1. The topological polar surface area (TPSA) is 256 Å². The zero-order chi connectivity index (χ0) is 45.3. The Labute approximate surface area is 358 Å². The van der Waals surface area contributed by atoms with Crippen molar-refractivity contribution in [2.45, 2.75) is 129 Å². The van der Waals surface area contributed by atoms with E-state index in [0.717, 1.165) is 0 Å². The van der Waals surface area contributed by atoms with E-state index in [1.54, 1.807) is 52.0 Å². The van der Waals surface area contributed by atoms with Gasteiger partial charge in [0.15, 0.2) is 5.78 Å². The minimum Gasteiger partial charge on any atom is -0.445 e. The van der Waals surface area contributed by atoms with E-state index in [1.807, 2.05) is 13.8 Å². The summed E-state index contributed by atoms with van der Waals surface area (Å²) < 4.78 is 5.49. The molecular formula is C41H64N8O10S. The number of ketones is 1. The fraction of sp³-hybridized carbons (Fsp3) is 0.634. The number of Topliss-reactive ketones (excluding diaryl/α,β-unsaturated/α-hetero) is 1. The molecule has 0 radical (unpaired) electrons. The summed E-state index contributed by atoms with van der Waals surface area (Å²) in [7, 11) is 1.45. The smallest absolute Gasteiger partial charge is 0.410 e. The molecule has 9 amide bonds. The van der Waals surface area contributed by atoms with Crippen molar-refractivity contribution in [1.29, 1.82) is 0 Å². The summed E-state index contributed by atoms with van der Waals surface area (Å²) >= 11 is 4.12. The zero-order valence-electron chi connectivity index (χ0n) is 36.0. The summed E-state index contributed by atoms with van der Waals surface area (Å²) in [5, 5.41) is 12.9. The first kappa shape index (κ1) is 50.9.